The van der Waals surface area contributed by atoms with Crippen LogP contribution in [0.5, 0.6) is 5.75 Å². The van der Waals surface area contributed by atoms with Crippen molar-refractivity contribution in [3.8, 4) is 16.9 Å². The predicted molar refractivity (Wildman–Crippen MR) is 113 cm³/mol. The normalized spacial score (nSPS) is 11.2. The maximum atomic E-state index is 15.3. The van der Waals surface area contributed by atoms with Gasteiger partial charge in [0.05, 0.1) is 10.9 Å². The molecule has 152 valence electrons. The van der Waals surface area contributed by atoms with Crippen molar-refractivity contribution in [1.82, 2.24) is 0 Å². The van der Waals surface area contributed by atoms with Crippen LogP contribution in [0.3, 0.4) is 0 Å². The van der Waals surface area contributed by atoms with Gasteiger partial charge in [-0.3, -0.25) is 0 Å². The SMILES string of the molecule is CC(C)c1c(-c2ccc(F)cc2)c2ccc(OCc3ccccc3)c(F)c2c[n+]1[O-]. The molecule has 0 fully saturated rings. The molecular formula is C25H21F2NO2. The summed E-state index contributed by atoms with van der Waals surface area (Å²) in [5.41, 5.74) is 2.68. The van der Waals surface area contributed by atoms with Crippen LogP contribution in [0.1, 0.15) is 31.0 Å². The number of pyridine rings is 1. The Morgan fingerprint density at radius 2 is 1.60 bits per heavy atom. The first-order valence-electron chi connectivity index (χ1n) is 9.76. The molecule has 0 aliphatic rings. The monoisotopic (exact) mass is 405 g/mol. The van der Waals surface area contributed by atoms with Crippen molar-refractivity contribution in [2.75, 3.05) is 0 Å². The Morgan fingerprint density at radius 3 is 2.27 bits per heavy atom. The van der Waals surface area contributed by atoms with Crippen LogP contribution < -0.4 is 9.47 Å². The molecule has 5 heteroatoms. The lowest BCUT2D eigenvalue weighted by molar-refractivity contribution is -0.613. The zero-order valence-corrected chi connectivity index (χ0v) is 16.7. The summed E-state index contributed by atoms with van der Waals surface area (Å²) in [6, 6.07) is 18.7. The second-order valence-corrected chi connectivity index (χ2v) is 7.49. The van der Waals surface area contributed by atoms with Crippen molar-refractivity contribution in [1.29, 1.82) is 0 Å². The highest BCUT2D eigenvalue weighted by molar-refractivity contribution is 5.97. The summed E-state index contributed by atoms with van der Waals surface area (Å²) in [6.07, 6.45) is 1.25. The average molecular weight is 405 g/mol. The molecule has 3 aromatic carbocycles. The summed E-state index contributed by atoms with van der Waals surface area (Å²) in [4.78, 5) is 0. The second kappa shape index (κ2) is 8.11. The smallest absolute Gasteiger partial charge is 0.203 e. The van der Waals surface area contributed by atoms with Gasteiger partial charge in [0.2, 0.25) is 5.69 Å². The fourth-order valence-corrected chi connectivity index (χ4v) is 3.66. The molecule has 0 aliphatic heterocycles. The van der Waals surface area contributed by atoms with Gasteiger partial charge in [-0.05, 0) is 35.4 Å². The third kappa shape index (κ3) is 3.71. The fraction of sp³-hybridized carbons (Fsp3) is 0.160. The summed E-state index contributed by atoms with van der Waals surface area (Å²) in [6.45, 7) is 4.02. The topological polar surface area (TPSA) is 36.2 Å². The Balaban J connectivity index is 1.86. The Morgan fingerprint density at radius 1 is 0.900 bits per heavy atom. The van der Waals surface area contributed by atoms with Gasteiger partial charge in [-0.1, -0.05) is 56.3 Å². The predicted octanol–water partition coefficient (Wildman–Crippen LogP) is 6.12. The third-order valence-electron chi connectivity index (χ3n) is 5.07. The van der Waals surface area contributed by atoms with Gasteiger partial charge < -0.3 is 9.94 Å². The Kier molecular flexibility index (Phi) is 5.36. The molecule has 0 N–H and O–H groups in total. The molecule has 0 unspecified atom stereocenters. The van der Waals surface area contributed by atoms with Crippen LogP contribution in [0.25, 0.3) is 21.9 Å². The van der Waals surface area contributed by atoms with E-state index in [0.717, 1.165) is 5.56 Å². The minimum Gasteiger partial charge on any atom is -0.618 e. The van der Waals surface area contributed by atoms with Gasteiger partial charge in [-0.2, -0.15) is 4.73 Å². The van der Waals surface area contributed by atoms with E-state index in [1.54, 1.807) is 24.3 Å². The summed E-state index contributed by atoms with van der Waals surface area (Å²) >= 11 is 0. The molecule has 0 atom stereocenters. The van der Waals surface area contributed by atoms with E-state index in [9.17, 15) is 9.60 Å². The maximum Gasteiger partial charge on any atom is 0.203 e. The van der Waals surface area contributed by atoms with Crippen molar-refractivity contribution < 1.29 is 18.2 Å². The highest BCUT2D eigenvalue weighted by Crippen LogP contribution is 2.37. The third-order valence-corrected chi connectivity index (χ3v) is 5.07. The van der Waals surface area contributed by atoms with Crippen LogP contribution in [0.15, 0.2) is 72.9 Å². The molecule has 1 heterocycles. The molecule has 0 saturated heterocycles. The number of benzene rings is 3. The molecule has 30 heavy (non-hydrogen) atoms. The van der Waals surface area contributed by atoms with Crippen LogP contribution >= 0.6 is 0 Å². The van der Waals surface area contributed by atoms with Gasteiger partial charge in [0, 0.05) is 11.3 Å². The van der Waals surface area contributed by atoms with E-state index in [4.69, 9.17) is 4.74 Å². The number of nitrogens with zero attached hydrogens (tertiary/aromatic N) is 1. The van der Waals surface area contributed by atoms with E-state index in [1.807, 2.05) is 44.2 Å². The Hall–Kier alpha value is -3.47. The Labute approximate surface area is 173 Å². The number of hydrogen-bond acceptors (Lipinski definition) is 2. The van der Waals surface area contributed by atoms with Gasteiger partial charge >= 0.3 is 0 Å². The molecule has 0 saturated carbocycles. The van der Waals surface area contributed by atoms with E-state index in [0.29, 0.717) is 26.9 Å². The largest absolute Gasteiger partial charge is 0.618 e. The fourth-order valence-electron chi connectivity index (χ4n) is 3.66. The van der Waals surface area contributed by atoms with Crippen LogP contribution in [-0.4, -0.2) is 0 Å². The lowest BCUT2D eigenvalue weighted by Crippen LogP contribution is -2.33. The van der Waals surface area contributed by atoms with Crippen molar-refractivity contribution in [2.24, 2.45) is 0 Å². The van der Waals surface area contributed by atoms with Crippen LogP contribution in [-0.2, 0) is 6.61 Å². The summed E-state index contributed by atoms with van der Waals surface area (Å²) in [5, 5.41) is 13.6. The summed E-state index contributed by atoms with van der Waals surface area (Å²) in [7, 11) is 0. The van der Waals surface area contributed by atoms with Crippen molar-refractivity contribution >= 4 is 10.8 Å². The van der Waals surface area contributed by atoms with Crippen molar-refractivity contribution in [2.45, 2.75) is 26.4 Å². The Bertz CT molecular complexity index is 1190. The van der Waals surface area contributed by atoms with E-state index < -0.39 is 5.82 Å². The van der Waals surface area contributed by atoms with Crippen molar-refractivity contribution in [3.63, 3.8) is 0 Å². The molecule has 4 rings (SSSR count). The number of fused-ring (bicyclic) bond motifs is 1. The maximum absolute atomic E-state index is 15.3. The lowest BCUT2D eigenvalue weighted by atomic mass is 9.92. The van der Waals surface area contributed by atoms with Gasteiger partial charge in [0.1, 0.15) is 12.4 Å². The number of aromatic nitrogens is 1. The van der Waals surface area contributed by atoms with Gasteiger partial charge in [-0.25, -0.2) is 8.78 Å². The number of hydrogen-bond donors (Lipinski definition) is 0. The number of ether oxygens (including phenoxy) is 1. The molecule has 0 radical (unpaired) electrons. The van der Waals surface area contributed by atoms with Crippen LogP contribution in [0.2, 0.25) is 0 Å². The minimum absolute atomic E-state index is 0.0775. The molecule has 1 aromatic heterocycles. The van der Waals surface area contributed by atoms with Crippen molar-refractivity contribution in [3.05, 3.63) is 101 Å². The van der Waals surface area contributed by atoms with Gasteiger partial charge in [0.25, 0.3) is 0 Å². The first kappa shape index (κ1) is 19.8. The molecular weight excluding hydrogens is 384 g/mol. The standard InChI is InChI=1S/C25H21F2NO2/c1-16(2)25-23(18-8-10-19(26)11-9-18)20-12-13-22(24(27)21(20)14-28(25)29)30-15-17-6-4-3-5-7-17/h3-14,16H,15H2,1-2H3. The zero-order chi connectivity index (χ0) is 21.3. The van der Waals surface area contributed by atoms with E-state index >= 15 is 4.39 Å². The molecule has 3 nitrogen and oxygen atoms in total. The summed E-state index contributed by atoms with van der Waals surface area (Å²) < 4.78 is 35.1. The number of halogens is 2. The first-order chi connectivity index (χ1) is 14.5. The number of rotatable bonds is 5. The van der Waals surface area contributed by atoms with E-state index in [1.165, 1.54) is 18.3 Å². The minimum atomic E-state index is -0.591. The lowest BCUT2D eigenvalue weighted by Gasteiger charge is -2.17. The summed E-state index contributed by atoms with van der Waals surface area (Å²) in [5.74, 6) is -0.993. The molecule has 0 spiro atoms. The van der Waals surface area contributed by atoms with Gasteiger partial charge in [0.15, 0.2) is 17.8 Å². The van der Waals surface area contributed by atoms with E-state index in [2.05, 4.69) is 0 Å². The molecule has 0 aliphatic carbocycles. The highest BCUT2D eigenvalue weighted by atomic mass is 19.1. The molecule has 0 bridgehead atoms. The molecule has 4 aromatic rings. The molecule has 0 amide bonds. The zero-order valence-electron chi connectivity index (χ0n) is 16.7. The van der Waals surface area contributed by atoms with Crippen LogP contribution in [0, 0.1) is 16.8 Å². The van der Waals surface area contributed by atoms with E-state index in [-0.39, 0.29) is 29.5 Å². The van der Waals surface area contributed by atoms with Crippen LogP contribution in [0.4, 0.5) is 8.78 Å². The second-order valence-electron chi connectivity index (χ2n) is 7.49. The average Bonchev–Trinajstić information content (AvgIpc) is 2.74. The quantitative estimate of drug-likeness (QED) is 0.296. The highest BCUT2D eigenvalue weighted by Gasteiger charge is 2.24. The first-order valence-corrected chi connectivity index (χ1v) is 9.76. The van der Waals surface area contributed by atoms with Gasteiger partial charge in [-0.15, -0.1) is 0 Å².